The maximum atomic E-state index is 13.8. The molecule has 0 radical (unpaired) electrons. The lowest BCUT2D eigenvalue weighted by atomic mass is 9.91. The Morgan fingerprint density at radius 3 is 2.50 bits per heavy atom. The molecule has 34 heavy (non-hydrogen) atoms. The Bertz CT molecular complexity index is 1170. The van der Waals surface area contributed by atoms with Crippen molar-refractivity contribution in [1.29, 1.82) is 0 Å². The van der Waals surface area contributed by atoms with E-state index in [1.54, 1.807) is 16.8 Å². The molecule has 0 aliphatic carbocycles. The maximum Gasteiger partial charge on any atom is 0.309 e. The molecular weight excluding hydrogens is 430 g/mol. The molecule has 3 aromatic rings. The van der Waals surface area contributed by atoms with Gasteiger partial charge >= 0.3 is 5.97 Å². The summed E-state index contributed by atoms with van der Waals surface area (Å²) in [5.41, 5.74) is 2.49. The molecule has 1 N–H and O–H groups in total. The zero-order chi connectivity index (χ0) is 24.1. The van der Waals surface area contributed by atoms with E-state index in [-0.39, 0.29) is 23.2 Å². The number of likely N-dealkylation sites (tertiary alicyclic amines) is 1. The minimum Gasteiger partial charge on any atom is -0.507 e. The lowest BCUT2D eigenvalue weighted by molar-refractivity contribution is -0.149. The average Bonchev–Trinajstić information content (AvgIpc) is 2.86. The van der Waals surface area contributed by atoms with Gasteiger partial charge in [-0.1, -0.05) is 36.4 Å². The van der Waals surface area contributed by atoms with Crippen LogP contribution in [0, 0.1) is 12.8 Å². The average molecular weight is 462 g/mol. The van der Waals surface area contributed by atoms with Crippen LogP contribution in [0.1, 0.15) is 48.3 Å². The standard InChI is InChI=1S/C27H31N3O4/c1-3-34-27(33)21-12-15-29(16-13-21)25(20-9-5-4-6-10-20)24-23(31)17-19(2)30(26(24)32)18-22-11-7-8-14-28-22/h4-11,14,17,21,25,31H,3,12-13,15-16,18H2,1-2H3/t25-/m0/s1. The zero-order valence-electron chi connectivity index (χ0n) is 19.7. The first-order valence-corrected chi connectivity index (χ1v) is 11.8. The predicted molar refractivity (Wildman–Crippen MR) is 130 cm³/mol. The molecule has 0 unspecified atom stereocenters. The lowest BCUT2D eigenvalue weighted by Crippen LogP contribution is -2.42. The molecule has 0 bridgehead atoms. The third-order valence-corrected chi connectivity index (χ3v) is 6.47. The van der Waals surface area contributed by atoms with Gasteiger partial charge in [-0.3, -0.25) is 19.5 Å². The zero-order valence-corrected chi connectivity index (χ0v) is 19.7. The largest absolute Gasteiger partial charge is 0.507 e. The van der Waals surface area contributed by atoms with Crippen molar-refractivity contribution >= 4 is 5.97 Å². The second-order valence-corrected chi connectivity index (χ2v) is 8.67. The Balaban J connectivity index is 1.72. The summed E-state index contributed by atoms with van der Waals surface area (Å²) in [5, 5.41) is 11.0. The van der Waals surface area contributed by atoms with E-state index in [9.17, 15) is 14.7 Å². The van der Waals surface area contributed by atoms with Crippen molar-refractivity contribution in [3.8, 4) is 5.75 Å². The fourth-order valence-electron chi connectivity index (χ4n) is 4.72. The van der Waals surface area contributed by atoms with Crippen LogP contribution in [0.2, 0.25) is 0 Å². The number of hydrogen-bond acceptors (Lipinski definition) is 6. The molecule has 2 aromatic heterocycles. The highest BCUT2D eigenvalue weighted by molar-refractivity contribution is 5.72. The van der Waals surface area contributed by atoms with Crippen molar-refractivity contribution in [2.24, 2.45) is 5.92 Å². The second kappa shape index (κ2) is 10.7. The number of nitrogens with zero attached hydrogens (tertiary/aromatic N) is 3. The van der Waals surface area contributed by atoms with Crippen molar-refractivity contribution in [3.63, 3.8) is 0 Å². The Hall–Kier alpha value is -3.45. The molecule has 3 heterocycles. The van der Waals surface area contributed by atoms with Crippen LogP contribution in [0.4, 0.5) is 0 Å². The first kappa shape index (κ1) is 23.7. The van der Waals surface area contributed by atoms with Crippen LogP contribution in [0.25, 0.3) is 0 Å². The SMILES string of the molecule is CCOC(=O)C1CCN([C@@H](c2ccccc2)c2c(O)cc(C)n(Cc3ccccn3)c2=O)CC1. The van der Waals surface area contributed by atoms with Gasteiger partial charge in [0.15, 0.2) is 0 Å². The van der Waals surface area contributed by atoms with E-state index in [1.807, 2.05) is 62.4 Å². The second-order valence-electron chi connectivity index (χ2n) is 8.67. The van der Waals surface area contributed by atoms with Gasteiger partial charge in [0.05, 0.1) is 36.4 Å². The molecule has 7 nitrogen and oxygen atoms in total. The molecule has 1 aromatic carbocycles. The van der Waals surface area contributed by atoms with Crippen LogP contribution in [0.15, 0.2) is 65.6 Å². The number of esters is 1. The maximum absolute atomic E-state index is 13.8. The van der Waals surface area contributed by atoms with Gasteiger partial charge in [-0.15, -0.1) is 0 Å². The number of rotatable bonds is 7. The number of carbonyl (C=O) groups excluding carboxylic acids is 1. The summed E-state index contributed by atoms with van der Waals surface area (Å²) in [6.07, 6.45) is 3.01. The van der Waals surface area contributed by atoms with E-state index in [2.05, 4.69) is 9.88 Å². The normalized spacial score (nSPS) is 15.7. The van der Waals surface area contributed by atoms with E-state index in [0.29, 0.717) is 50.3 Å². The number of hydrogen-bond donors (Lipinski definition) is 1. The molecule has 7 heteroatoms. The van der Waals surface area contributed by atoms with Crippen molar-refractivity contribution in [2.75, 3.05) is 19.7 Å². The van der Waals surface area contributed by atoms with E-state index < -0.39 is 6.04 Å². The smallest absolute Gasteiger partial charge is 0.309 e. The number of aromatic hydroxyl groups is 1. The number of benzene rings is 1. The van der Waals surface area contributed by atoms with Gasteiger partial charge in [-0.25, -0.2) is 0 Å². The van der Waals surface area contributed by atoms with E-state index in [4.69, 9.17) is 4.74 Å². The van der Waals surface area contributed by atoms with Gasteiger partial charge in [0.25, 0.3) is 5.56 Å². The predicted octanol–water partition coefficient (Wildman–Crippen LogP) is 3.67. The highest BCUT2D eigenvalue weighted by atomic mass is 16.5. The minimum atomic E-state index is -0.424. The van der Waals surface area contributed by atoms with E-state index in [0.717, 1.165) is 11.3 Å². The van der Waals surface area contributed by atoms with Crippen molar-refractivity contribution < 1.29 is 14.6 Å². The van der Waals surface area contributed by atoms with Crippen LogP contribution >= 0.6 is 0 Å². The fourth-order valence-corrected chi connectivity index (χ4v) is 4.72. The summed E-state index contributed by atoms with van der Waals surface area (Å²) in [7, 11) is 0. The molecule has 0 saturated carbocycles. The third-order valence-electron chi connectivity index (χ3n) is 6.47. The molecule has 0 amide bonds. The van der Waals surface area contributed by atoms with Gasteiger partial charge < -0.3 is 14.4 Å². The van der Waals surface area contributed by atoms with Gasteiger partial charge in [-0.05, 0) is 63.5 Å². The molecule has 1 saturated heterocycles. The Morgan fingerprint density at radius 1 is 1.15 bits per heavy atom. The molecule has 0 spiro atoms. The minimum absolute atomic E-state index is 0.0128. The van der Waals surface area contributed by atoms with Gasteiger partial charge in [0.2, 0.25) is 0 Å². The Labute approximate surface area is 199 Å². The van der Waals surface area contributed by atoms with Crippen molar-refractivity contribution in [1.82, 2.24) is 14.5 Å². The van der Waals surface area contributed by atoms with E-state index >= 15 is 0 Å². The van der Waals surface area contributed by atoms with Crippen molar-refractivity contribution in [2.45, 2.75) is 39.3 Å². The molecule has 1 aliphatic heterocycles. The molecular formula is C27H31N3O4. The monoisotopic (exact) mass is 461 g/mol. The summed E-state index contributed by atoms with van der Waals surface area (Å²) in [6, 6.07) is 16.6. The molecule has 1 aliphatic rings. The number of aromatic nitrogens is 2. The first-order chi connectivity index (χ1) is 16.5. The summed E-state index contributed by atoms with van der Waals surface area (Å²) >= 11 is 0. The number of ether oxygens (including phenoxy) is 1. The first-order valence-electron chi connectivity index (χ1n) is 11.8. The van der Waals surface area contributed by atoms with Gasteiger partial charge in [0, 0.05) is 11.9 Å². The van der Waals surface area contributed by atoms with Gasteiger partial charge in [-0.2, -0.15) is 0 Å². The number of carbonyl (C=O) groups is 1. The van der Waals surface area contributed by atoms with Crippen LogP contribution < -0.4 is 5.56 Å². The molecule has 1 fully saturated rings. The fraction of sp³-hybridized carbons (Fsp3) is 0.370. The molecule has 178 valence electrons. The number of aryl methyl sites for hydroxylation is 1. The highest BCUT2D eigenvalue weighted by Crippen LogP contribution is 2.35. The van der Waals surface area contributed by atoms with Crippen LogP contribution in [0.3, 0.4) is 0 Å². The summed E-state index contributed by atoms with van der Waals surface area (Å²) in [6.45, 7) is 5.57. The molecule has 4 rings (SSSR count). The quantitative estimate of drug-likeness (QED) is 0.541. The van der Waals surface area contributed by atoms with Gasteiger partial charge in [0.1, 0.15) is 5.75 Å². The van der Waals surface area contributed by atoms with Crippen molar-refractivity contribution in [3.05, 3.63) is 93.7 Å². The topological polar surface area (TPSA) is 84.7 Å². The third kappa shape index (κ3) is 5.04. The van der Waals surface area contributed by atoms with E-state index in [1.165, 1.54) is 0 Å². The Morgan fingerprint density at radius 2 is 1.85 bits per heavy atom. The summed E-state index contributed by atoms with van der Waals surface area (Å²) < 4.78 is 6.88. The molecule has 1 atom stereocenters. The summed E-state index contributed by atoms with van der Waals surface area (Å²) in [5.74, 6) is -0.310. The number of piperidine rings is 1. The Kier molecular flexibility index (Phi) is 7.43. The highest BCUT2D eigenvalue weighted by Gasteiger charge is 2.34. The van der Waals surface area contributed by atoms with Crippen LogP contribution in [-0.2, 0) is 16.1 Å². The lowest BCUT2D eigenvalue weighted by Gasteiger charge is -2.37. The van der Waals surface area contributed by atoms with Crippen LogP contribution in [0.5, 0.6) is 5.75 Å². The number of pyridine rings is 2. The van der Waals surface area contributed by atoms with Crippen LogP contribution in [-0.4, -0.2) is 45.2 Å². The summed E-state index contributed by atoms with van der Waals surface area (Å²) in [4.78, 5) is 32.6.